The molecular formula is C11H18N4O2. The molecule has 1 aromatic heterocycles. The van der Waals surface area contributed by atoms with E-state index in [0.29, 0.717) is 24.5 Å². The molecule has 1 aliphatic rings. The molecule has 0 bridgehead atoms. The van der Waals surface area contributed by atoms with E-state index in [1.165, 1.54) is 0 Å². The normalized spacial score (nSPS) is 17.4. The molecule has 1 aromatic rings. The molecule has 2 rings (SSSR count). The van der Waals surface area contributed by atoms with Crippen molar-refractivity contribution < 1.29 is 9.53 Å². The summed E-state index contributed by atoms with van der Waals surface area (Å²) in [6, 6.07) is 0. The summed E-state index contributed by atoms with van der Waals surface area (Å²) in [6.45, 7) is 1.40. The van der Waals surface area contributed by atoms with E-state index in [-0.39, 0.29) is 12.0 Å². The molecular weight excluding hydrogens is 220 g/mol. The highest BCUT2D eigenvalue weighted by Crippen LogP contribution is 2.17. The molecule has 6 heteroatoms. The third kappa shape index (κ3) is 2.41. The van der Waals surface area contributed by atoms with Gasteiger partial charge in [0, 0.05) is 33.4 Å². The van der Waals surface area contributed by atoms with Crippen molar-refractivity contribution >= 4 is 11.6 Å². The fourth-order valence-corrected chi connectivity index (χ4v) is 2.12. The van der Waals surface area contributed by atoms with Crippen LogP contribution >= 0.6 is 0 Å². The highest BCUT2D eigenvalue weighted by molar-refractivity contribution is 5.97. The molecule has 0 aliphatic carbocycles. The fourth-order valence-electron chi connectivity index (χ4n) is 2.12. The first-order chi connectivity index (χ1) is 8.11. The van der Waals surface area contributed by atoms with Gasteiger partial charge in [-0.05, 0) is 12.8 Å². The summed E-state index contributed by atoms with van der Waals surface area (Å²) in [4.78, 5) is 13.9. The van der Waals surface area contributed by atoms with Crippen molar-refractivity contribution in [3.63, 3.8) is 0 Å². The minimum absolute atomic E-state index is 0.0855. The number of nitrogens with two attached hydrogens (primary N) is 1. The highest BCUT2D eigenvalue weighted by atomic mass is 16.5. The Balaban J connectivity index is 2.04. The molecule has 0 atom stereocenters. The predicted molar refractivity (Wildman–Crippen MR) is 63.6 cm³/mol. The second-order valence-corrected chi connectivity index (χ2v) is 4.33. The van der Waals surface area contributed by atoms with Crippen LogP contribution in [0.2, 0.25) is 0 Å². The maximum absolute atomic E-state index is 12.2. The topological polar surface area (TPSA) is 73.4 Å². The average molecular weight is 238 g/mol. The van der Waals surface area contributed by atoms with E-state index in [0.717, 1.165) is 12.8 Å². The van der Waals surface area contributed by atoms with Crippen LogP contribution in [0, 0.1) is 0 Å². The van der Waals surface area contributed by atoms with Crippen molar-refractivity contribution in [2.45, 2.75) is 18.9 Å². The Labute approximate surface area is 100 Å². The second kappa shape index (κ2) is 4.75. The van der Waals surface area contributed by atoms with Crippen LogP contribution in [-0.4, -0.2) is 46.9 Å². The van der Waals surface area contributed by atoms with E-state index in [2.05, 4.69) is 5.10 Å². The maximum atomic E-state index is 12.2. The first-order valence-electron chi connectivity index (χ1n) is 5.73. The average Bonchev–Trinajstić information content (AvgIpc) is 2.68. The van der Waals surface area contributed by atoms with Gasteiger partial charge in [-0.2, -0.15) is 5.10 Å². The van der Waals surface area contributed by atoms with E-state index in [4.69, 9.17) is 10.5 Å². The lowest BCUT2D eigenvalue weighted by Gasteiger charge is -2.30. The Hall–Kier alpha value is -1.56. The van der Waals surface area contributed by atoms with Crippen LogP contribution < -0.4 is 5.73 Å². The Morgan fingerprint density at radius 1 is 1.53 bits per heavy atom. The fraction of sp³-hybridized carbons (Fsp3) is 0.636. The lowest BCUT2D eigenvalue weighted by atomic mass is 10.1. The van der Waals surface area contributed by atoms with Gasteiger partial charge in [0.05, 0.1) is 11.8 Å². The number of anilines is 1. The van der Waals surface area contributed by atoms with Crippen molar-refractivity contribution in [1.82, 2.24) is 14.7 Å². The van der Waals surface area contributed by atoms with Gasteiger partial charge in [-0.25, -0.2) is 0 Å². The maximum Gasteiger partial charge on any atom is 0.276 e. The van der Waals surface area contributed by atoms with Crippen molar-refractivity contribution in [3.8, 4) is 0 Å². The van der Waals surface area contributed by atoms with E-state index >= 15 is 0 Å². The minimum Gasteiger partial charge on any atom is -0.396 e. The molecule has 0 unspecified atom stereocenters. The van der Waals surface area contributed by atoms with Gasteiger partial charge in [0.25, 0.3) is 5.91 Å². The monoisotopic (exact) mass is 238 g/mol. The molecule has 2 heterocycles. The van der Waals surface area contributed by atoms with Crippen molar-refractivity contribution in [3.05, 3.63) is 11.9 Å². The summed E-state index contributed by atoms with van der Waals surface area (Å²) in [5.74, 6) is -0.0855. The van der Waals surface area contributed by atoms with Crippen LogP contribution in [0.15, 0.2) is 6.20 Å². The summed E-state index contributed by atoms with van der Waals surface area (Å²) >= 11 is 0. The lowest BCUT2D eigenvalue weighted by Crippen LogP contribution is -2.41. The zero-order valence-electron chi connectivity index (χ0n) is 10.2. The minimum atomic E-state index is -0.0855. The summed E-state index contributed by atoms with van der Waals surface area (Å²) in [5, 5.41) is 4.09. The number of carbonyl (C=O) groups excluding carboxylic acids is 1. The van der Waals surface area contributed by atoms with Crippen molar-refractivity contribution in [2.24, 2.45) is 7.05 Å². The lowest BCUT2D eigenvalue weighted by molar-refractivity contribution is 0.0348. The van der Waals surface area contributed by atoms with Gasteiger partial charge in [-0.1, -0.05) is 0 Å². The molecule has 2 N–H and O–H groups in total. The molecule has 94 valence electrons. The van der Waals surface area contributed by atoms with Crippen LogP contribution in [0.1, 0.15) is 23.3 Å². The summed E-state index contributed by atoms with van der Waals surface area (Å²) in [7, 11) is 3.46. The molecule has 17 heavy (non-hydrogen) atoms. The van der Waals surface area contributed by atoms with Gasteiger partial charge in [-0.15, -0.1) is 0 Å². The number of hydrogen-bond donors (Lipinski definition) is 1. The smallest absolute Gasteiger partial charge is 0.276 e. The molecule has 0 radical (unpaired) electrons. The number of aryl methyl sites for hydroxylation is 1. The first-order valence-corrected chi connectivity index (χ1v) is 5.73. The third-order valence-electron chi connectivity index (χ3n) is 3.12. The van der Waals surface area contributed by atoms with Gasteiger partial charge >= 0.3 is 0 Å². The number of piperidine rings is 1. The van der Waals surface area contributed by atoms with Crippen molar-refractivity contribution in [1.29, 1.82) is 0 Å². The van der Waals surface area contributed by atoms with Gasteiger partial charge in [0.1, 0.15) is 0 Å². The van der Waals surface area contributed by atoms with Crippen LogP contribution in [-0.2, 0) is 11.8 Å². The van der Waals surface area contributed by atoms with Crippen LogP contribution in [0.3, 0.4) is 0 Å². The SMILES string of the molecule is COC1CCN(C(=O)c2nn(C)cc2N)CC1. The molecule has 1 aliphatic heterocycles. The number of hydrogen-bond acceptors (Lipinski definition) is 4. The standard InChI is InChI=1S/C11H18N4O2/c1-14-7-9(12)10(13-14)11(16)15-5-3-8(17-2)4-6-15/h7-8H,3-6,12H2,1-2H3. The Morgan fingerprint density at radius 3 is 2.65 bits per heavy atom. The number of amides is 1. The van der Waals surface area contributed by atoms with Gasteiger partial charge in [0.15, 0.2) is 5.69 Å². The summed E-state index contributed by atoms with van der Waals surface area (Å²) in [5.41, 5.74) is 6.53. The largest absolute Gasteiger partial charge is 0.396 e. The number of likely N-dealkylation sites (tertiary alicyclic amines) is 1. The van der Waals surface area contributed by atoms with Gasteiger partial charge in [-0.3, -0.25) is 9.48 Å². The number of nitrogen functional groups attached to an aromatic ring is 1. The highest BCUT2D eigenvalue weighted by Gasteiger charge is 2.26. The number of aromatic nitrogens is 2. The molecule has 6 nitrogen and oxygen atoms in total. The zero-order valence-corrected chi connectivity index (χ0v) is 10.2. The molecule has 0 saturated carbocycles. The van der Waals surface area contributed by atoms with Crippen LogP contribution in [0.4, 0.5) is 5.69 Å². The number of ether oxygens (including phenoxy) is 1. The van der Waals surface area contributed by atoms with Crippen LogP contribution in [0.5, 0.6) is 0 Å². The molecule has 0 aromatic carbocycles. The Kier molecular flexibility index (Phi) is 3.33. The Bertz CT molecular complexity index is 408. The van der Waals surface area contributed by atoms with E-state index in [9.17, 15) is 4.79 Å². The van der Waals surface area contributed by atoms with Crippen molar-refractivity contribution in [2.75, 3.05) is 25.9 Å². The number of carbonyl (C=O) groups is 1. The van der Waals surface area contributed by atoms with Crippen LogP contribution in [0.25, 0.3) is 0 Å². The third-order valence-corrected chi connectivity index (χ3v) is 3.12. The molecule has 1 saturated heterocycles. The Morgan fingerprint density at radius 2 is 2.18 bits per heavy atom. The molecule has 1 fully saturated rings. The second-order valence-electron chi connectivity index (χ2n) is 4.33. The van der Waals surface area contributed by atoms with E-state index in [1.807, 2.05) is 0 Å². The van der Waals surface area contributed by atoms with Gasteiger partial charge in [0.2, 0.25) is 0 Å². The quantitative estimate of drug-likeness (QED) is 0.801. The molecule has 0 spiro atoms. The summed E-state index contributed by atoms with van der Waals surface area (Å²) in [6.07, 6.45) is 3.65. The first kappa shape index (κ1) is 11.9. The zero-order chi connectivity index (χ0) is 12.4. The summed E-state index contributed by atoms with van der Waals surface area (Å²) < 4.78 is 6.83. The predicted octanol–water partition coefficient (Wildman–Crippen LogP) is 0.253. The molecule has 1 amide bonds. The van der Waals surface area contributed by atoms with E-state index < -0.39 is 0 Å². The van der Waals surface area contributed by atoms with Gasteiger partial charge < -0.3 is 15.4 Å². The number of nitrogens with zero attached hydrogens (tertiary/aromatic N) is 3. The number of rotatable bonds is 2. The number of methoxy groups -OCH3 is 1. The van der Waals surface area contributed by atoms with E-state index in [1.54, 1.807) is 29.9 Å².